The fourth-order valence-electron chi connectivity index (χ4n) is 5.87. The topological polar surface area (TPSA) is 135 Å². The van der Waals surface area contributed by atoms with E-state index in [0.29, 0.717) is 47.4 Å². The lowest BCUT2D eigenvalue weighted by atomic mass is 9.97. The molecule has 5 rings (SSSR count). The third-order valence-corrected chi connectivity index (χ3v) is 7.87. The molecule has 11 heteroatoms. The SMILES string of the molecule is CC(=O)Nc1ccc(-c2[nH]c3ccc(NC(=O)[C@@H]4CCCN4C(=O)[C@H](c4ccccc4)N(C(=O)O)C(C)(C)C)cc3c2F)cc1. The van der Waals surface area contributed by atoms with E-state index in [-0.39, 0.29) is 17.0 Å². The van der Waals surface area contributed by atoms with Crippen LogP contribution >= 0.6 is 0 Å². The molecule has 1 fully saturated rings. The minimum Gasteiger partial charge on any atom is -0.465 e. The van der Waals surface area contributed by atoms with Crippen molar-refractivity contribution in [2.75, 3.05) is 17.2 Å². The van der Waals surface area contributed by atoms with Crippen molar-refractivity contribution < 1.29 is 28.7 Å². The van der Waals surface area contributed by atoms with E-state index >= 15 is 4.39 Å². The van der Waals surface area contributed by atoms with E-state index in [2.05, 4.69) is 15.6 Å². The van der Waals surface area contributed by atoms with Crippen LogP contribution in [0.15, 0.2) is 72.8 Å². The molecule has 0 spiro atoms. The molecule has 0 saturated carbocycles. The molecule has 0 aliphatic carbocycles. The number of carbonyl (C=O) groups excluding carboxylic acids is 3. The van der Waals surface area contributed by atoms with Crippen molar-refractivity contribution in [1.29, 1.82) is 0 Å². The summed E-state index contributed by atoms with van der Waals surface area (Å²) in [5.41, 5.74) is 1.95. The summed E-state index contributed by atoms with van der Waals surface area (Å²) in [5.74, 6) is -1.61. The summed E-state index contributed by atoms with van der Waals surface area (Å²) in [6.45, 7) is 6.88. The first kappa shape index (κ1) is 31.2. The highest BCUT2D eigenvalue weighted by Crippen LogP contribution is 2.34. The number of benzene rings is 3. The minimum absolute atomic E-state index is 0.206. The standard InChI is InChI=1S/C34H36FN5O5/c1-20(41)36-23-14-12-21(13-15-23)29-28(35)25-19-24(16-17-26(25)38-29)37-31(42)27-11-8-18-39(27)32(43)30(22-9-6-5-7-10-22)40(33(44)45)34(2,3)4/h5-7,9-10,12-17,19,27,30,38H,8,11,18H2,1-4H3,(H,36,41)(H,37,42)(H,44,45)/t27-,30-/m0/s1. The molecule has 4 N–H and O–H groups in total. The Morgan fingerprint density at radius 2 is 1.64 bits per heavy atom. The maximum Gasteiger partial charge on any atom is 0.408 e. The van der Waals surface area contributed by atoms with Crippen molar-refractivity contribution >= 4 is 46.1 Å². The van der Waals surface area contributed by atoms with E-state index in [1.54, 1.807) is 87.5 Å². The highest BCUT2D eigenvalue weighted by Gasteiger charge is 2.44. The summed E-state index contributed by atoms with van der Waals surface area (Å²) in [7, 11) is 0. The van der Waals surface area contributed by atoms with Gasteiger partial charge >= 0.3 is 6.09 Å². The smallest absolute Gasteiger partial charge is 0.408 e. The summed E-state index contributed by atoms with van der Waals surface area (Å²) in [4.78, 5) is 57.1. The maximum atomic E-state index is 15.6. The molecule has 2 heterocycles. The number of rotatable bonds is 7. The Labute approximate surface area is 260 Å². The number of amides is 4. The third-order valence-electron chi connectivity index (χ3n) is 7.87. The average Bonchev–Trinajstić information content (AvgIpc) is 3.60. The van der Waals surface area contributed by atoms with E-state index in [1.807, 2.05) is 0 Å². The second-order valence-corrected chi connectivity index (χ2v) is 12.1. The van der Waals surface area contributed by atoms with Gasteiger partial charge in [0, 0.05) is 46.8 Å². The molecule has 45 heavy (non-hydrogen) atoms. The fourth-order valence-corrected chi connectivity index (χ4v) is 5.87. The van der Waals surface area contributed by atoms with Gasteiger partial charge in [-0.2, -0.15) is 0 Å². The number of fused-ring (bicyclic) bond motifs is 1. The van der Waals surface area contributed by atoms with Crippen LogP contribution in [0.4, 0.5) is 20.6 Å². The van der Waals surface area contributed by atoms with Crippen LogP contribution in [0.25, 0.3) is 22.2 Å². The molecule has 1 aliphatic heterocycles. The van der Waals surface area contributed by atoms with Gasteiger partial charge in [0.2, 0.25) is 11.8 Å². The van der Waals surface area contributed by atoms with Gasteiger partial charge in [0.05, 0.1) is 5.69 Å². The predicted molar refractivity (Wildman–Crippen MR) is 170 cm³/mol. The lowest BCUT2D eigenvalue weighted by Crippen LogP contribution is -2.54. The van der Waals surface area contributed by atoms with Crippen LogP contribution in [0.1, 0.15) is 52.1 Å². The van der Waals surface area contributed by atoms with E-state index in [4.69, 9.17) is 0 Å². The monoisotopic (exact) mass is 613 g/mol. The molecule has 2 atom stereocenters. The Morgan fingerprint density at radius 1 is 0.978 bits per heavy atom. The average molecular weight is 614 g/mol. The Morgan fingerprint density at radius 3 is 2.27 bits per heavy atom. The minimum atomic E-state index is -1.24. The molecule has 1 aromatic heterocycles. The number of anilines is 2. The first-order valence-corrected chi connectivity index (χ1v) is 14.7. The molecule has 1 saturated heterocycles. The Bertz CT molecular complexity index is 1750. The third kappa shape index (κ3) is 6.52. The molecule has 0 radical (unpaired) electrons. The molecule has 1 aliphatic rings. The first-order valence-electron chi connectivity index (χ1n) is 14.7. The number of halogens is 1. The van der Waals surface area contributed by atoms with Crippen molar-refractivity contribution in [3.8, 4) is 11.3 Å². The normalized spacial score (nSPS) is 15.5. The second-order valence-electron chi connectivity index (χ2n) is 12.1. The number of aromatic nitrogens is 1. The fraction of sp³-hybridized carbons (Fsp3) is 0.294. The Hall–Kier alpha value is -5.19. The van der Waals surface area contributed by atoms with Crippen molar-refractivity contribution in [2.24, 2.45) is 0 Å². The van der Waals surface area contributed by atoms with Gasteiger partial charge in [0.1, 0.15) is 12.1 Å². The van der Waals surface area contributed by atoms with E-state index in [9.17, 15) is 24.3 Å². The van der Waals surface area contributed by atoms with Crippen molar-refractivity contribution in [3.05, 3.63) is 84.2 Å². The number of likely N-dealkylation sites (tertiary alicyclic amines) is 1. The van der Waals surface area contributed by atoms with Gasteiger partial charge in [-0.25, -0.2) is 9.18 Å². The lowest BCUT2D eigenvalue weighted by Gasteiger charge is -2.41. The van der Waals surface area contributed by atoms with E-state index < -0.39 is 41.3 Å². The number of hydrogen-bond donors (Lipinski definition) is 4. The Balaban J connectivity index is 1.38. The first-order chi connectivity index (χ1) is 21.3. The van der Waals surface area contributed by atoms with Gasteiger partial charge in [-0.05, 0) is 69.5 Å². The summed E-state index contributed by atoms with van der Waals surface area (Å²) < 4.78 is 15.6. The van der Waals surface area contributed by atoms with Crippen molar-refractivity contribution in [2.45, 2.75) is 58.2 Å². The molecular formula is C34H36FN5O5. The number of nitrogens with one attached hydrogen (secondary N) is 3. The number of nitrogens with zero attached hydrogens (tertiary/aromatic N) is 2. The van der Waals surface area contributed by atoms with Crippen LogP contribution in [0, 0.1) is 5.82 Å². The number of hydrogen-bond acceptors (Lipinski definition) is 4. The molecule has 0 bridgehead atoms. The molecule has 4 amide bonds. The summed E-state index contributed by atoms with van der Waals surface area (Å²) in [6.07, 6.45) is -0.264. The van der Waals surface area contributed by atoms with E-state index in [1.165, 1.54) is 17.9 Å². The second kappa shape index (κ2) is 12.4. The zero-order chi connectivity index (χ0) is 32.5. The quantitative estimate of drug-likeness (QED) is 0.192. The van der Waals surface area contributed by atoms with Gasteiger partial charge in [0.15, 0.2) is 5.82 Å². The number of carbonyl (C=O) groups is 4. The molecule has 4 aromatic rings. The van der Waals surface area contributed by atoms with Gasteiger partial charge in [-0.15, -0.1) is 0 Å². The summed E-state index contributed by atoms with van der Waals surface area (Å²) >= 11 is 0. The van der Waals surface area contributed by atoms with Crippen LogP contribution in [0.3, 0.4) is 0 Å². The number of carboxylic acid groups (broad SMARTS) is 1. The van der Waals surface area contributed by atoms with Crippen LogP contribution in [0.2, 0.25) is 0 Å². The number of aromatic amines is 1. The predicted octanol–water partition coefficient (Wildman–Crippen LogP) is 6.38. The molecule has 0 unspecified atom stereocenters. The zero-order valence-electron chi connectivity index (χ0n) is 25.6. The van der Waals surface area contributed by atoms with Crippen molar-refractivity contribution in [1.82, 2.24) is 14.8 Å². The maximum absolute atomic E-state index is 15.6. The van der Waals surface area contributed by atoms with Crippen LogP contribution in [-0.4, -0.2) is 61.8 Å². The van der Waals surface area contributed by atoms with Gasteiger partial charge < -0.3 is 25.6 Å². The lowest BCUT2D eigenvalue weighted by molar-refractivity contribution is -0.142. The van der Waals surface area contributed by atoms with Gasteiger partial charge in [-0.3, -0.25) is 19.3 Å². The van der Waals surface area contributed by atoms with E-state index in [0.717, 1.165) is 4.90 Å². The van der Waals surface area contributed by atoms with Gasteiger partial charge in [-0.1, -0.05) is 42.5 Å². The molecule has 10 nitrogen and oxygen atoms in total. The largest absolute Gasteiger partial charge is 0.465 e. The molecule has 3 aromatic carbocycles. The molecule has 234 valence electrons. The van der Waals surface area contributed by atoms with Gasteiger partial charge in [0.25, 0.3) is 5.91 Å². The highest BCUT2D eigenvalue weighted by atomic mass is 19.1. The summed E-state index contributed by atoms with van der Waals surface area (Å²) in [6, 6.07) is 18.3. The zero-order valence-corrected chi connectivity index (χ0v) is 25.6. The number of H-pyrrole nitrogens is 1. The van der Waals surface area contributed by atoms with Crippen LogP contribution in [0.5, 0.6) is 0 Å². The Kier molecular flexibility index (Phi) is 8.63. The van der Waals surface area contributed by atoms with Crippen LogP contribution in [-0.2, 0) is 14.4 Å². The van der Waals surface area contributed by atoms with Crippen LogP contribution < -0.4 is 10.6 Å². The van der Waals surface area contributed by atoms with Crippen molar-refractivity contribution in [3.63, 3.8) is 0 Å². The molecular weight excluding hydrogens is 577 g/mol. The summed E-state index contributed by atoms with van der Waals surface area (Å²) in [5, 5.41) is 16.0. The highest BCUT2D eigenvalue weighted by molar-refractivity contribution is 6.00.